The Bertz CT molecular complexity index is 3540. The highest BCUT2D eigenvalue weighted by molar-refractivity contribution is 7.65. The number of nitrogens with one attached hydrogen (secondary N) is 1. The molecule has 1 fully saturated rings. The topological polar surface area (TPSA) is 281 Å². The van der Waals surface area contributed by atoms with Crippen molar-refractivity contribution in [3.05, 3.63) is 118 Å². The van der Waals surface area contributed by atoms with E-state index in [2.05, 4.69) is 67.3 Å². The molecule has 3 atom stereocenters. The molecule has 0 bridgehead atoms. The number of benzene rings is 2. The van der Waals surface area contributed by atoms with E-state index in [1.807, 2.05) is 74.5 Å². The summed E-state index contributed by atoms with van der Waals surface area (Å²) in [7, 11) is -9.33. The van der Waals surface area contributed by atoms with Gasteiger partial charge in [-0.1, -0.05) is 23.7 Å². The van der Waals surface area contributed by atoms with Gasteiger partial charge in [0.05, 0.1) is 55.3 Å². The lowest BCUT2D eigenvalue weighted by atomic mass is 10.1. The zero-order valence-electron chi connectivity index (χ0n) is 54.9. The quantitative estimate of drug-likeness (QED) is 0.0151. The van der Waals surface area contributed by atoms with Gasteiger partial charge < -0.3 is 54.2 Å². The monoisotopic (exact) mass is 1320 g/mol. The molecule has 2 aromatic carbocycles. The van der Waals surface area contributed by atoms with E-state index in [4.69, 9.17) is 39.4 Å². The summed E-state index contributed by atoms with van der Waals surface area (Å²) in [4.78, 5) is 93.3. The van der Waals surface area contributed by atoms with Crippen LogP contribution in [0.5, 0.6) is 11.5 Å². The molecule has 6 N–H and O–H groups in total. The van der Waals surface area contributed by atoms with Crippen molar-refractivity contribution in [2.75, 3.05) is 115 Å². The highest BCUT2D eigenvalue weighted by Gasteiger charge is 2.25. The minimum absolute atomic E-state index is 0.00675. The number of aliphatic carboxylic acids is 2. The molecule has 4 heterocycles. The highest BCUT2D eigenvalue weighted by Crippen LogP contribution is 2.36. The molecule has 5 aromatic rings. The number of aryl methyl sites for hydroxylation is 1. The molecular formula is C67H92N9O13P3. The van der Waals surface area contributed by atoms with Crippen LogP contribution in [-0.2, 0) is 49.5 Å². The number of alkyl carbamates (subject to hydrolysis) is 1. The lowest BCUT2D eigenvalue weighted by Gasteiger charge is -2.26. The van der Waals surface area contributed by atoms with Crippen LogP contribution < -0.4 is 40.9 Å². The fourth-order valence-electron chi connectivity index (χ4n) is 10.2. The Morgan fingerprint density at radius 3 is 1.42 bits per heavy atom. The van der Waals surface area contributed by atoms with Gasteiger partial charge >= 0.3 is 18.0 Å². The molecule has 0 radical (unpaired) electrons. The Hall–Kier alpha value is -6.93. The predicted molar refractivity (Wildman–Crippen MR) is 363 cm³/mol. The van der Waals surface area contributed by atoms with E-state index in [1.165, 1.54) is 13.3 Å². The highest BCUT2D eigenvalue weighted by atomic mass is 31.2. The summed E-state index contributed by atoms with van der Waals surface area (Å²) in [6, 6.07) is 22.0. The molecule has 22 nitrogen and oxygen atoms in total. The number of amides is 1. The third-order valence-electron chi connectivity index (χ3n) is 14.9. The molecular weight excluding hydrogens is 1230 g/mol. The second-order valence-electron chi connectivity index (χ2n) is 23.8. The molecule has 3 aromatic heterocycles. The largest absolute Gasteiger partial charge is 0.491 e. The summed E-state index contributed by atoms with van der Waals surface area (Å²) in [5, 5.41) is 21.1. The Labute approximate surface area is 543 Å². The van der Waals surface area contributed by atoms with Crippen molar-refractivity contribution in [3.63, 3.8) is 0 Å². The van der Waals surface area contributed by atoms with Crippen LogP contribution in [0.2, 0.25) is 0 Å². The van der Waals surface area contributed by atoms with E-state index in [0.717, 1.165) is 22.5 Å². The number of carboxylic acids is 2. The first-order valence-electron chi connectivity index (χ1n) is 31.3. The molecule has 498 valence electrons. The Morgan fingerprint density at radius 1 is 0.598 bits per heavy atom. The zero-order valence-corrected chi connectivity index (χ0v) is 57.6. The molecule has 0 aliphatic carbocycles. The number of carbonyl (C=O) groups is 3. The smallest absolute Gasteiger partial charge is 0.407 e. The van der Waals surface area contributed by atoms with Gasteiger partial charge in [0.1, 0.15) is 28.0 Å². The summed E-state index contributed by atoms with van der Waals surface area (Å²) < 4.78 is 44.3. The normalized spacial score (nSPS) is 14.9. The van der Waals surface area contributed by atoms with Crippen LogP contribution >= 0.6 is 22.9 Å². The third kappa shape index (κ3) is 24.8. The van der Waals surface area contributed by atoms with Gasteiger partial charge in [-0.05, 0) is 159 Å². The summed E-state index contributed by atoms with van der Waals surface area (Å²) in [5.41, 5.74) is 6.86. The first-order valence-corrected chi connectivity index (χ1v) is 37.3. The van der Waals surface area contributed by atoms with Gasteiger partial charge in [0.15, 0.2) is 0 Å². The fraction of sp³-hybridized carbons (Fsp3) is 0.493. The molecule has 92 heavy (non-hydrogen) atoms. The molecule has 3 unspecified atom stereocenters. The number of rotatable bonds is 29. The average Bonchev–Trinajstić information content (AvgIpc) is 1.06. The molecule has 25 heteroatoms. The summed E-state index contributed by atoms with van der Waals surface area (Å²) in [6.45, 7) is 25.8. The van der Waals surface area contributed by atoms with Crippen molar-refractivity contribution in [2.24, 2.45) is 0 Å². The number of carboxylic acid groups (broad SMARTS) is 2. The summed E-state index contributed by atoms with van der Waals surface area (Å²) in [6.07, 6.45) is 1.24. The van der Waals surface area contributed by atoms with Crippen molar-refractivity contribution in [2.45, 2.75) is 112 Å². The van der Waals surface area contributed by atoms with E-state index in [-0.39, 0.29) is 43.5 Å². The van der Waals surface area contributed by atoms with Gasteiger partial charge in [-0.3, -0.25) is 33.4 Å². The Morgan fingerprint density at radius 2 is 1.01 bits per heavy atom. The fourth-order valence-corrected chi connectivity index (χ4v) is 12.2. The first-order chi connectivity index (χ1) is 43.6. The maximum Gasteiger partial charge on any atom is 0.407 e. The van der Waals surface area contributed by atoms with E-state index >= 15 is 0 Å². The van der Waals surface area contributed by atoms with Crippen LogP contribution in [0.1, 0.15) is 125 Å². The van der Waals surface area contributed by atoms with E-state index in [9.17, 15) is 38.2 Å². The molecule has 0 spiro atoms. The molecule has 1 aliphatic heterocycles. The molecule has 1 aliphatic rings. The van der Waals surface area contributed by atoms with Crippen molar-refractivity contribution in [3.8, 4) is 35.2 Å². The number of carbonyl (C=O) groups excluding carboxylic acids is 1. The average molecular weight is 1320 g/mol. The van der Waals surface area contributed by atoms with Crippen LogP contribution in [-0.4, -0.2) is 183 Å². The second kappa shape index (κ2) is 35.4. The molecule has 1 saturated heterocycles. The summed E-state index contributed by atoms with van der Waals surface area (Å²) in [5.74, 6) is 12.7. The maximum atomic E-state index is 13.5. The van der Waals surface area contributed by atoms with Gasteiger partial charge in [0.2, 0.25) is 14.7 Å². The van der Waals surface area contributed by atoms with Gasteiger partial charge in [0, 0.05) is 140 Å². The van der Waals surface area contributed by atoms with Crippen LogP contribution in [0.4, 0.5) is 16.2 Å². The lowest BCUT2D eigenvalue weighted by molar-refractivity contribution is -0.138. The Balaban J connectivity index is 1.34. The van der Waals surface area contributed by atoms with Gasteiger partial charge in [-0.25, -0.2) is 19.7 Å². The first kappa shape index (κ1) is 74.1. The van der Waals surface area contributed by atoms with E-state index < -0.39 is 46.5 Å². The maximum absolute atomic E-state index is 13.5. The number of anilines is 2. The van der Waals surface area contributed by atoms with Crippen molar-refractivity contribution in [1.29, 1.82) is 0 Å². The summed E-state index contributed by atoms with van der Waals surface area (Å²) >= 11 is 0. The van der Waals surface area contributed by atoms with Gasteiger partial charge in [-0.2, -0.15) is 0 Å². The SMILES string of the molecule is CCN(CC)c1cc(C#Cc2cc(CN3CCN(Cc4cc(C#Cc5ccc(OCCCC(=O)O)c(N(CC)CC)c5)cc(P(C)(=O)O)n4)CCN(Cc4cc(CCCNC(=O)OC(C)(C)C)cc(P(C)(=O)O)n4)CC3)nc(P(C)O)c2)ccc1OCCCC(=O)O. The van der Waals surface area contributed by atoms with Crippen LogP contribution in [0, 0.1) is 23.7 Å². The zero-order chi connectivity index (χ0) is 67.2. The number of ether oxygens (including phenoxy) is 3. The van der Waals surface area contributed by atoms with Crippen molar-refractivity contribution < 1.29 is 62.6 Å². The molecule has 1 amide bonds. The van der Waals surface area contributed by atoms with Crippen LogP contribution in [0.25, 0.3) is 0 Å². The number of pyridine rings is 3. The lowest BCUT2D eigenvalue weighted by Crippen LogP contribution is -2.36. The number of nitrogens with zero attached hydrogens (tertiary/aromatic N) is 8. The van der Waals surface area contributed by atoms with Crippen molar-refractivity contribution in [1.82, 2.24) is 35.0 Å². The standard InChI is InChI=1S/C67H92N9O13P3/c1-11-75(12-2)57-41-49(25-27-59(57)87-36-16-19-64(77)78)21-23-52-39-54(69-61(43-52)90(8)82)46-72-30-32-73(47-55-38-51(44-62(70-55)91(9,83)84)18-15-29-68-66(81)89-67(5,6)7)34-35-74(33-31-72)48-56-40-53(45-63(71-56)92(10,85)86)24-22-50-26-28-60(88-37-17-20-65(79)80)58(42-50)76(13-3)14-4/h25-28,38-45,82H,11-20,29-37,46-48H2,1-10H3,(H,68,81)(H,77,78)(H,79,80)(H,83,84)(H,85,86). The number of aromatic nitrogens is 3. The minimum atomic E-state index is -3.89. The number of hydrogen-bond acceptors (Lipinski definition) is 17. The van der Waals surface area contributed by atoms with Crippen LogP contribution in [0.15, 0.2) is 72.8 Å². The predicted octanol–water partition coefficient (Wildman–Crippen LogP) is 7.82. The van der Waals surface area contributed by atoms with Gasteiger partial charge in [-0.15, -0.1) is 0 Å². The Kier molecular flexibility index (Phi) is 28.5. The van der Waals surface area contributed by atoms with E-state index in [0.29, 0.717) is 161 Å². The molecule has 6 rings (SSSR count). The van der Waals surface area contributed by atoms with Gasteiger partial charge in [0.25, 0.3) is 0 Å². The van der Waals surface area contributed by atoms with E-state index in [1.54, 1.807) is 39.6 Å². The molecule has 0 saturated carbocycles. The third-order valence-corrected chi connectivity index (χ3v) is 18.0. The number of hydrogen-bond donors (Lipinski definition) is 6. The van der Waals surface area contributed by atoms with Crippen molar-refractivity contribution >= 4 is 68.6 Å². The minimum Gasteiger partial charge on any atom is -0.491 e. The second-order valence-corrected chi connectivity index (χ2v) is 29.7. The van der Waals surface area contributed by atoms with Crippen LogP contribution in [0.3, 0.4) is 0 Å².